The maximum atomic E-state index is 12.7. The van der Waals surface area contributed by atoms with E-state index < -0.39 is 0 Å². The van der Waals surface area contributed by atoms with Crippen molar-refractivity contribution in [3.8, 4) is 0 Å². The van der Waals surface area contributed by atoms with Crippen molar-refractivity contribution in [2.75, 3.05) is 18.8 Å². The molecule has 1 saturated carbocycles. The first-order valence-corrected chi connectivity index (χ1v) is 8.07. The van der Waals surface area contributed by atoms with E-state index in [9.17, 15) is 9.90 Å². The molecule has 21 heavy (non-hydrogen) atoms. The number of anilines is 1. The number of hydrogen-bond acceptors (Lipinski definition) is 5. The van der Waals surface area contributed by atoms with Gasteiger partial charge in [-0.05, 0) is 30.9 Å². The van der Waals surface area contributed by atoms with Crippen LogP contribution in [0.4, 0.5) is 5.69 Å². The topological polar surface area (TPSA) is 79.5 Å². The molecule has 3 heterocycles. The minimum Gasteiger partial charge on any atom is -0.397 e. The van der Waals surface area contributed by atoms with Crippen LogP contribution < -0.4 is 5.73 Å². The fraction of sp³-hybridized carbons (Fsp3) is 0.467. The molecule has 3 atom stereocenters. The monoisotopic (exact) mass is 303 g/mol. The number of aliphatic hydroxyl groups excluding tert-OH is 1. The van der Waals surface area contributed by atoms with Gasteiger partial charge in [0, 0.05) is 30.6 Å². The zero-order chi connectivity index (χ0) is 14.6. The second-order valence-electron chi connectivity index (χ2n) is 5.98. The summed E-state index contributed by atoms with van der Waals surface area (Å²) in [6, 6.07) is 3.73. The van der Waals surface area contributed by atoms with Gasteiger partial charge in [-0.2, -0.15) is 0 Å². The number of nitrogens with zero attached hydrogens (tertiary/aromatic N) is 2. The van der Waals surface area contributed by atoms with Crippen molar-refractivity contribution >= 4 is 33.1 Å². The molecule has 0 radical (unpaired) electrons. The van der Waals surface area contributed by atoms with Gasteiger partial charge >= 0.3 is 0 Å². The summed E-state index contributed by atoms with van der Waals surface area (Å²) in [5.41, 5.74) is 6.66. The van der Waals surface area contributed by atoms with E-state index in [1.165, 1.54) is 11.3 Å². The number of rotatable bonds is 1. The van der Waals surface area contributed by atoms with Crippen LogP contribution in [0.25, 0.3) is 10.2 Å². The Hall–Kier alpha value is -1.66. The van der Waals surface area contributed by atoms with Crippen LogP contribution in [0.1, 0.15) is 22.5 Å². The molecule has 2 aliphatic rings. The SMILES string of the molecule is Nc1c(C(=O)N2CC3CCC(O)C3C2)sc2ncccc12. The van der Waals surface area contributed by atoms with Crippen molar-refractivity contribution in [1.29, 1.82) is 0 Å². The number of thiophene rings is 1. The van der Waals surface area contributed by atoms with Gasteiger partial charge in [-0.25, -0.2) is 4.98 Å². The fourth-order valence-corrected chi connectivity index (χ4v) is 4.69. The van der Waals surface area contributed by atoms with Crippen molar-refractivity contribution in [2.45, 2.75) is 18.9 Å². The number of fused-ring (bicyclic) bond motifs is 2. The predicted molar refractivity (Wildman–Crippen MR) is 82.2 cm³/mol. The highest BCUT2D eigenvalue weighted by atomic mass is 32.1. The summed E-state index contributed by atoms with van der Waals surface area (Å²) in [6.45, 7) is 1.38. The molecule has 1 aliphatic heterocycles. The molecule has 2 aromatic heterocycles. The number of carbonyl (C=O) groups is 1. The van der Waals surface area contributed by atoms with Gasteiger partial charge in [0.25, 0.3) is 5.91 Å². The minimum atomic E-state index is -0.255. The van der Waals surface area contributed by atoms with E-state index in [0.717, 1.165) is 29.6 Å². The molecule has 0 bridgehead atoms. The Morgan fingerprint density at radius 3 is 3.05 bits per heavy atom. The van der Waals surface area contributed by atoms with Gasteiger partial charge in [-0.15, -0.1) is 11.3 Å². The lowest BCUT2D eigenvalue weighted by Gasteiger charge is -2.17. The lowest BCUT2D eigenvalue weighted by Crippen LogP contribution is -2.30. The molecule has 1 saturated heterocycles. The molecular weight excluding hydrogens is 286 g/mol. The molecule has 1 aliphatic carbocycles. The molecule has 5 nitrogen and oxygen atoms in total. The van der Waals surface area contributed by atoms with E-state index in [-0.39, 0.29) is 17.9 Å². The standard InChI is InChI=1S/C15H17N3O2S/c16-12-9-2-1-5-17-14(9)21-13(12)15(20)18-6-8-3-4-11(19)10(8)7-18/h1-2,5,8,10-11,19H,3-4,6-7,16H2. The van der Waals surface area contributed by atoms with Crippen molar-refractivity contribution in [1.82, 2.24) is 9.88 Å². The quantitative estimate of drug-likeness (QED) is 0.840. The third-order valence-electron chi connectivity index (χ3n) is 4.81. The predicted octanol–water partition coefficient (Wildman–Crippen LogP) is 1.72. The third-order valence-corrected chi connectivity index (χ3v) is 5.92. The Morgan fingerprint density at radius 1 is 1.43 bits per heavy atom. The van der Waals surface area contributed by atoms with E-state index in [2.05, 4.69) is 4.98 Å². The second-order valence-corrected chi connectivity index (χ2v) is 6.98. The molecule has 2 fully saturated rings. The number of nitrogen functional groups attached to an aromatic ring is 1. The molecule has 2 aromatic rings. The van der Waals surface area contributed by atoms with Crippen LogP contribution in [0.15, 0.2) is 18.3 Å². The highest BCUT2D eigenvalue weighted by molar-refractivity contribution is 7.21. The van der Waals surface area contributed by atoms with Crippen LogP contribution in [-0.2, 0) is 0 Å². The highest BCUT2D eigenvalue weighted by Gasteiger charge is 2.43. The van der Waals surface area contributed by atoms with Gasteiger partial charge in [-0.1, -0.05) is 0 Å². The first-order chi connectivity index (χ1) is 10.1. The number of likely N-dealkylation sites (tertiary alicyclic amines) is 1. The Labute approximate surface area is 126 Å². The summed E-state index contributed by atoms with van der Waals surface area (Å²) >= 11 is 1.36. The molecule has 6 heteroatoms. The van der Waals surface area contributed by atoms with Gasteiger partial charge < -0.3 is 15.7 Å². The van der Waals surface area contributed by atoms with Gasteiger partial charge in [-0.3, -0.25) is 4.79 Å². The van der Waals surface area contributed by atoms with E-state index in [1.54, 1.807) is 6.20 Å². The Balaban J connectivity index is 1.64. The summed E-state index contributed by atoms with van der Waals surface area (Å²) in [7, 11) is 0. The first-order valence-electron chi connectivity index (χ1n) is 7.25. The highest BCUT2D eigenvalue weighted by Crippen LogP contribution is 2.40. The van der Waals surface area contributed by atoms with Crippen molar-refractivity contribution < 1.29 is 9.90 Å². The minimum absolute atomic E-state index is 0.0166. The van der Waals surface area contributed by atoms with Crippen LogP contribution >= 0.6 is 11.3 Å². The van der Waals surface area contributed by atoms with E-state index in [0.29, 0.717) is 23.0 Å². The summed E-state index contributed by atoms with van der Waals surface area (Å²) in [6.07, 6.45) is 3.34. The van der Waals surface area contributed by atoms with Gasteiger partial charge in [0.05, 0.1) is 11.8 Å². The molecule has 4 rings (SSSR count). The van der Waals surface area contributed by atoms with E-state index in [1.807, 2.05) is 17.0 Å². The number of pyridine rings is 1. The maximum absolute atomic E-state index is 12.7. The Morgan fingerprint density at radius 2 is 2.29 bits per heavy atom. The zero-order valence-corrected chi connectivity index (χ0v) is 12.3. The average molecular weight is 303 g/mol. The van der Waals surface area contributed by atoms with Crippen LogP contribution in [0, 0.1) is 11.8 Å². The lowest BCUT2D eigenvalue weighted by molar-refractivity contribution is 0.0758. The average Bonchev–Trinajstić information content (AvgIpc) is 3.15. The lowest BCUT2D eigenvalue weighted by atomic mass is 10.00. The Kier molecular flexibility index (Phi) is 2.90. The van der Waals surface area contributed by atoms with Crippen molar-refractivity contribution in [3.05, 3.63) is 23.2 Å². The molecule has 110 valence electrons. The molecule has 3 unspecified atom stereocenters. The number of aromatic nitrogens is 1. The van der Waals surface area contributed by atoms with Crippen molar-refractivity contribution in [3.63, 3.8) is 0 Å². The molecule has 3 N–H and O–H groups in total. The summed E-state index contributed by atoms with van der Waals surface area (Å²) in [5, 5.41) is 10.8. The normalized spacial score (nSPS) is 28.2. The third kappa shape index (κ3) is 1.93. The second kappa shape index (κ2) is 4.68. The molecule has 1 amide bonds. The van der Waals surface area contributed by atoms with Crippen molar-refractivity contribution in [2.24, 2.45) is 11.8 Å². The number of aliphatic hydroxyl groups is 1. The maximum Gasteiger partial charge on any atom is 0.266 e. The first kappa shape index (κ1) is 13.0. The largest absolute Gasteiger partial charge is 0.397 e. The summed E-state index contributed by atoms with van der Waals surface area (Å²) in [5.74, 6) is 0.664. The molecular formula is C15H17N3O2S. The summed E-state index contributed by atoms with van der Waals surface area (Å²) < 4.78 is 0. The molecule has 0 spiro atoms. The number of nitrogens with two attached hydrogens (primary N) is 1. The van der Waals surface area contributed by atoms with Crippen LogP contribution in [0.5, 0.6) is 0 Å². The number of amides is 1. The van der Waals surface area contributed by atoms with E-state index >= 15 is 0 Å². The number of hydrogen-bond donors (Lipinski definition) is 2. The van der Waals surface area contributed by atoms with Gasteiger partial charge in [0.15, 0.2) is 0 Å². The van der Waals surface area contributed by atoms with E-state index in [4.69, 9.17) is 5.73 Å². The number of carbonyl (C=O) groups excluding carboxylic acids is 1. The summed E-state index contributed by atoms with van der Waals surface area (Å²) in [4.78, 5) is 20.2. The van der Waals surface area contributed by atoms with Crippen LogP contribution in [-0.4, -0.2) is 40.1 Å². The van der Waals surface area contributed by atoms with Gasteiger partial charge in [0.1, 0.15) is 9.71 Å². The van der Waals surface area contributed by atoms with Crippen LogP contribution in [0.3, 0.4) is 0 Å². The smallest absolute Gasteiger partial charge is 0.266 e. The fourth-order valence-electron chi connectivity index (χ4n) is 3.66. The van der Waals surface area contributed by atoms with Gasteiger partial charge in [0.2, 0.25) is 0 Å². The van der Waals surface area contributed by atoms with Crippen LogP contribution in [0.2, 0.25) is 0 Å². The molecule has 0 aromatic carbocycles. The Bertz CT molecular complexity index is 714. The zero-order valence-electron chi connectivity index (χ0n) is 11.5.